The number of rotatable bonds is 1. The van der Waals surface area contributed by atoms with Gasteiger partial charge in [-0.2, -0.15) is 13.2 Å². The molecule has 0 bridgehead atoms. The molecule has 0 aliphatic carbocycles. The van der Waals surface area contributed by atoms with Gasteiger partial charge in [-0.1, -0.05) is 36.4 Å². The highest BCUT2D eigenvalue weighted by Gasteiger charge is 2.31. The Labute approximate surface area is 128 Å². The zero-order valence-electron chi connectivity index (χ0n) is 11.7. The fourth-order valence-electron chi connectivity index (χ4n) is 2.42. The molecule has 2 aromatic rings. The van der Waals surface area contributed by atoms with Crippen LogP contribution in [0.15, 0.2) is 53.5 Å². The van der Waals surface area contributed by atoms with Crippen LogP contribution in [0.2, 0.25) is 0 Å². The van der Waals surface area contributed by atoms with E-state index in [1.807, 2.05) is 0 Å². The topological polar surface area (TPSA) is 52.9 Å². The van der Waals surface area contributed by atoms with Gasteiger partial charge in [-0.05, 0) is 12.1 Å². The summed E-state index contributed by atoms with van der Waals surface area (Å²) in [6.07, 6.45) is -4.54. The van der Waals surface area contributed by atoms with Crippen LogP contribution in [-0.4, -0.2) is 22.7 Å². The lowest BCUT2D eigenvalue weighted by Gasteiger charge is -2.18. The number of halogens is 3. The summed E-state index contributed by atoms with van der Waals surface area (Å²) in [4.78, 5) is 15.4. The second-order valence-corrected chi connectivity index (χ2v) is 5.01. The highest BCUT2D eigenvalue weighted by atomic mass is 19.4. The lowest BCUT2D eigenvalue weighted by Crippen LogP contribution is -2.32. The summed E-state index contributed by atoms with van der Waals surface area (Å²) in [7, 11) is 0. The summed E-state index contributed by atoms with van der Waals surface area (Å²) in [6.45, 7) is -0.430. The smallest absolute Gasteiger partial charge is 0.288 e. The molecule has 0 atom stereocenters. The number of amides is 1. The quantitative estimate of drug-likeness (QED) is 0.870. The van der Waals surface area contributed by atoms with E-state index in [1.165, 1.54) is 6.07 Å². The predicted molar refractivity (Wildman–Crippen MR) is 74.7 cm³/mol. The van der Waals surface area contributed by atoms with Crippen LogP contribution in [0.1, 0.15) is 11.1 Å². The standard InChI is InChI=1S/C16H11F3N2O2/c17-16(18,19)11-6-7-12-13(8-11)20-14(22)9-21(23)15(12)10-4-2-1-3-5-10/h1-8,23H,9H2. The van der Waals surface area contributed by atoms with E-state index < -0.39 is 24.2 Å². The Bertz CT molecular complexity index is 876. The van der Waals surface area contributed by atoms with Crippen LogP contribution in [0.25, 0.3) is 5.70 Å². The molecule has 1 heterocycles. The first-order valence-corrected chi connectivity index (χ1v) is 6.71. The number of hydrogen-bond acceptors (Lipinski definition) is 3. The van der Waals surface area contributed by atoms with Crippen molar-refractivity contribution in [2.75, 3.05) is 6.54 Å². The summed E-state index contributed by atoms with van der Waals surface area (Å²) in [6, 6.07) is 11.5. The van der Waals surface area contributed by atoms with Crippen molar-refractivity contribution in [3.8, 4) is 0 Å². The predicted octanol–water partition coefficient (Wildman–Crippen LogP) is 1.71. The van der Waals surface area contributed by atoms with E-state index in [4.69, 9.17) is 0 Å². The van der Waals surface area contributed by atoms with Gasteiger partial charge in [0.1, 0.15) is 6.54 Å². The van der Waals surface area contributed by atoms with Gasteiger partial charge in [0.25, 0.3) is 5.91 Å². The van der Waals surface area contributed by atoms with Crippen molar-refractivity contribution in [3.05, 3.63) is 70.2 Å². The summed E-state index contributed by atoms with van der Waals surface area (Å²) in [5, 5.41) is 11.0. The number of fused-ring (bicyclic) bond motifs is 1. The van der Waals surface area contributed by atoms with E-state index in [0.29, 0.717) is 10.6 Å². The molecule has 23 heavy (non-hydrogen) atoms. The molecule has 1 amide bonds. The number of alkyl halides is 3. The minimum Gasteiger partial charge on any atom is -0.288 e. The molecule has 0 aromatic heterocycles. The van der Waals surface area contributed by atoms with Crippen molar-refractivity contribution < 1.29 is 23.2 Å². The zero-order valence-corrected chi connectivity index (χ0v) is 11.7. The number of hydroxylamine groups is 2. The molecular formula is C16H11F3N2O2. The minimum absolute atomic E-state index is 0.111. The number of benzene rings is 2. The Morgan fingerprint density at radius 3 is 2.43 bits per heavy atom. The largest absolute Gasteiger partial charge is 0.416 e. The molecule has 1 N–H and O–H groups in total. The summed E-state index contributed by atoms with van der Waals surface area (Å²) in [5.41, 5.74) is -0.0866. The van der Waals surface area contributed by atoms with Gasteiger partial charge in [0.15, 0.2) is 0 Å². The van der Waals surface area contributed by atoms with Crippen LogP contribution in [0.4, 0.5) is 13.2 Å². The molecule has 2 aromatic carbocycles. The zero-order chi connectivity index (χ0) is 16.6. The third-order valence-corrected chi connectivity index (χ3v) is 3.42. The van der Waals surface area contributed by atoms with Crippen molar-refractivity contribution >= 4 is 11.6 Å². The maximum absolute atomic E-state index is 12.9. The molecule has 0 spiro atoms. The van der Waals surface area contributed by atoms with Gasteiger partial charge in [-0.15, -0.1) is 0 Å². The summed E-state index contributed by atoms with van der Waals surface area (Å²) in [5.74, 6) is -0.723. The minimum atomic E-state index is -4.54. The molecule has 0 radical (unpaired) electrons. The molecule has 0 unspecified atom stereocenters. The van der Waals surface area contributed by atoms with Crippen molar-refractivity contribution in [1.82, 2.24) is 5.06 Å². The van der Waals surface area contributed by atoms with Crippen LogP contribution in [0.3, 0.4) is 0 Å². The molecule has 7 heteroatoms. The molecule has 3 rings (SSSR count). The van der Waals surface area contributed by atoms with Crippen molar-refractivity contribution in [3.63, 3.8) is 0 Å². The highest BCUT2D eigenvalue weighted by Crippen LogP contribution is 2.27. The van der Waals surface area contributed by atoms with Crippen LogP contribution >= 0.6 is 0 Å². The van der Waals surface area contributed by atoms with E-state index in [-0.39, 0.29) is 16.3 Å². The van der Waals surface area contributed by atoms with Crippen molar-refractivity contribution in [2.24, 2.45) is 4.99 Å². The second-order valence-electron chi connectivity index (χ2n) is 5.01. The lowest BCUT2D eigenvalue weighted by atomic mass is 10.1. The van der Waals surface area contributed by atoms with Crippen LogP contribution in [0.5, 0.6) is 0 Å². The van der Waals surface area contributed by atoms with E-state index in [1.54, 1.807) is 30.3 Å². The molecule has 0 saturated heterocycles. The Morgan fingerprint density at radius 1 is 1.09 bits per heavy atom. The summed E-state index contributed by atoms with van der Waals surface area (Å²) >= 11 is 0. The van der Waals surface area contributed by atoms with Gasteiger partial charge in [0.05, 0.1) is 16.6 Å². The maximum Gasteiger partial charge on any atom is 0.416 e. The Hall–Kier alpha value is -2.67. The molecule has 0 saturated carbocycles. The SMILES string of the molecule is O=C1CN(O)C(c2ccccc2)=c2ccc(C(F)(F)F)cc2=N1. The van der Waals surface area contributed by atoms with Crippen LogP contribution in [0, 0.1) is 0 Å². The lowest BCUT2D eigenvalue weighted by molar-refractivity contribution is -0.137. The fourth-order valence-corrected chi connectivity index (χ4v) is 2.42. The van der Waals surface area contributed by atoms with Gasteiger partial charge in [0, 0.05) is 10.8 Å². The Kier molecular flexibility index (Phi) is 3.65. The average Bonchev–Trinajstić information content (AvgIpc) is 2.60. The Balaban J connectivity index is 2.37. The van der Waals surface area contributed by atoms with Gasteiger partial charge < -0.3 is 0 Å². The van der Waals surface area contributed by atoms with Crippen LogP contribution in [-0.2, 0) is 11.0 Å². The molecule has 118 valence electrons. The monoisotopic (exact) mass is 320 g/mol. The van der Waals surface area contributed by atoms with E-state index in [9.17, 15) is 23.2 Å². The van der Waals surface area contributed by atoms with Gasteiger partial charge in [-0.3, -0.25) is 10.0 Å². The highest BCUT2D eigenvalue weighted by molar-refractivity contribution is 5.82. The molecule has 4 nitrogen and oxygen atoms in total. The average molecular weight is 320 g/mol. The van der Waals surface area contributed by atoms with E-state index >= 15 is 0 Å². The number of carbonyl (C=O) groups excluding carboxylic acids is 1. The first-order valence-electron chi connectivity index (χ1n) is 6.71. The maximum atomic E-state index is 12.9. The molecule has 1 aliphatic heterocycles. The van der Waals surface area contributed by atoms with Crippen molar-refractivity contribution in [2.45, 2.75) is 6.18 Å². The van der Waals surface area contributed by atoms with E-state index in [2.05, 4.69) is 4.99 Å². The molecule has 0 fully saturated rings. The number of nitrogens with zero attached hydrogens (tertiary/aromatic N) is 2. The van der Waals surface area contributed by atoms with E-state index in [0.717, 1.165) is 12.1 Å². The first-order chi connectivity index (χ1) is 10.9. The van der Waals surface area contributed by atoms with Gasteiger partial charge in [-0.25, -0.2) is 10.1 Å². The molecular weight excluding hydrogens is 309 g/mol. The normalized spacial score (nSPS) is 15.0. The van der Waals surface area contributed by atoms with Crippen LogP contribution < -0.4 is 10.6 Å². The first kappa shape index (κ1) is 15.2. The fraction of sp³-hybridized carbons (Fsp3) is 0.125. The second kappa shape index (κ2) is 5.51. The number of carbonyl (C=O) groups is 1. The Morgan fingerprint density at radius 2 is 1.78 bits per heavy atom. The van der Waals surface area contributed by atoms with Gasteiger partial charge in [0.2, 0.25) is 0 Å². The molecule has 1 aliphatic rings. The third kappa shape index (κ3) is 2.95. The summed E-state index contributed by atoms with van der Waals surface area (Å²) < 4.78 is 38.6. The van der Waals surface area contributed by atoms with Crippen molar-refractivity contribution in [1.29, 1.82) is 0 Å². The number of hydrogen-bond donors (Lipinski definition) is 1. The van der Waals surface area contributed by atoms with Gasteiger partial charge >= 0.3 is 6.18 Å². The third-order valence-electron chi connectivity index (χ3n) is 3.42.